The molecule has 0 atom stereocenters. The molecule has 18 heavy (non-hydrogen) atoms. The Bertz CT molecular complexity index is 385. The molecule has 1 aromatic heterocycles. The Labute approximate surface area is 112 Å². The molecule has 1 aliphatic rings. The number of amides is 1. The van der Waals surface area contributed by atoms with E-state index in [0.717, 1.165) is 37.4 Å². The van der Waals surface area contributed by atoms with Crippen molar-refractivity contribution in [2.75, 3.05) is 13.1 Å². The average molecular weight is 267 g/mol. The van der Waals surface area contributed by atoms with Crippen molar-refractivity contribution in [2.24, 2.45) is 5.92 Å². The van der Waals surface area contributed by atoms with Gasteiger partial charge in [0.2, 0.25) is 5.91 Å². The Hall–Kier alpha value is -0.940. The number of rotatable bonds is 5. The first-order valence-corrected chi connectivity index (χ1v) is 7.50. The van der Waals surface area contributed by atoms with Gasteiger partial charge in [-0.15, -0.1) is 11.3 Å². The second kappa shape index (κ2) is 6.85. The second-order valence-corrected chi connectivity index (χ2v) is 5.95. The van der Waals surface area contributed by atoms with Crippen molar-refractivity contribution in [3.05, 3.63) is 16.1 Å². The van der Waals surface area contributed by atoms with Gasteiger partial charge in [0.05, 0.1) is 6.54 Å². The van der Waals surface area contributed by atoms with E-state index in [2.05, 4.69) is 22.5 Å². The lowest BCUT2D eigenvalue weighted by Gasteiger charge is -2.21. The zero-order chi connectivity index (χ0) is 12.8. The molecule has 0 aliphatic carbocycles. The van der Waals surface area contributed by atoms with Gasteiger partial charge < -0.3 is 10.6 Å². The van der Waals surface area contributed by atoms with Crippen molar-refractivity contribution in [1.29, 1.82) is 0 Å². The maximum atomic E-state index is 11.8. The van der Waals surface area contributed by atoms with Crippen LogP contribution in [-0.2, 0) is 17.8 Å². The number of thiazole rings is 1. The van der Waals surface area contributed by atoms with E-state index in [9.17, 15) is 4.79 Å². The summed E-state index contributed by atoms with van der Waals surface area (Å²) < 4.78 is 0. The Morgan fingerprint density at radius 3 is 3.00 bits per heavy atom. The van der Waals surface area contributed by atoms with E-state index < -0.39 is 0 Å². The molecule has 4 nitrogen and oxygen atoms in total. The first-order chi connectivity index (χ1) is 8.78. The Balaban J connectivity index is 1.70. The fraction of sp³-hybridized carbons (Fsp3) is 0.692. The topological polar surface area (TPSA) is 54.0 Å². The Morgan fingerprint density at radius 1 is 1.56 bits per heavy atom. The first-order valence-electron chi connectivity index (χ1n) is 6.69. The summed E-state index contributed by atoms with van der Waals surface area (Å²) in [4.78, 5) is 17.4. The lowest BCUT2D eigenvalue weighted by molar-refractivity contribution is -0.122. The molecule has 1 fully saturated rings. The van der Waals surface area contributed by atoms with Gasteiger partial charge in [0, 0.05) is 17.5 Å². The molecule has 2 rings (SSSR count). The third-order valence-corrected chi connectivity index (χ3v) is 4.46. The van der Waals surface area contributed by atoms with Crippen molar-refractivity contribution >= 4 is 17.2 Å². The molecule has 5 heteroatoms. The number of aromatic nitrogens is 1. The quantitative estimate of drug-likeness (QED) is 0.854. The minimum atomic E-state index is 0.162. The van der Waals surface area contributed by atoms with E-state index in [1.54, 1.807) is 11.3 Å². The highest BCUT2D eigenvalue weighted by molar-refractivity contribution is 7.11. The number of carbonyl (C=O) groups excluding carboxylic acids is 1. The molecule has 0 unspecified atom stereocenters. The summed E-state index contributed by atoms with van der Waals surface area (Å²) in [6, 6.07) is 0. The van der Waals surface area contributed by atoms with Crippen molar-refractivity contribution in [3.63, 3.8) is 0 Å². The minimum Gasteiger partial charge on any atom is -0.350 e. The Morgan fingerprint density at radius 2 is 2.33 bits per heavy atom. The number of hydrogen-bond acceptors (Lipinski definition) is 4. The molecule has 0 spiro atoms. The molecule has 2 heterocycles. The maximum absolute atomic E-state index is 11.8. The van der Waals surface area contributed by atoms with E-state index in [1.807, 2.05) is 6.20 Å². The number of aryl methyl sites for hydroxylation is 1. The van der Waals surface area contributed by atoms with Crippen LogP contribution in [0.2, 0.25) is 0 Å². The minimum absolute atomic E-state index is 0.162. The van der Waals surface area contributed by atoms with Crippen LogP contribution in [0.4, 0.5) is 0 Å². The van der Waals surface area contributed by atoms with Gasteiger partial charge in [0.15, 0.2) is 0 Å². The van der Waals surface area contributed by atoms with Crippen LogP contribution in [0.25, 0.3) is 0 Å². The molecule has 0 aromatic carbocycles. The van der Waals surface area contributed by atoms with Crippen LogP contribution in [0.1, 0.15) is 36.1 Å². The molecule has 1 aromatic rings. The summed E-state index contributed by atoms with van der Waals surface area (Å²) >= 11 is 1.69. The molecule has 1 amide bonds. The van der Waals surface area contributed by atoms with Crippen LogP contribution < -0.4 is 10.6 Å². The number of piperidine rings is 1. The monoisotopic (exact) mass is 267 g/mol. The summed E-state index contributed by atoms with van der Waals surface area (Å²) in [6.45, 7) is 4.79. The number of carbonyl (C=O) groups is 1. The van der Waals surface area contributed by atoms with E-state index in [-0.39, 0.29) is 5.91 Å². The smallest absolute Gasteiger partial charge is 0.220 e. The van der Waals surface area contributed by atoms with E-state index in [4.69, 9.17) is 0 Å². The van der Waals surface area contributed by atoms with Crippen LogP contribution in [0.5, 0.6) is 0 Å². The fourth-order valence-corrected chi connectivity index (χ4v) is 2.99. The summed E-state index contributed by atoms with van der Waals surface area (Å²) in [5.74, 6) is 0.712. The van der Waals surface area contributed by atoms with Crippen molar-refractivity contribution in [1.82, 2.24) is 15.6 Å². The summed E-state index contributed by atoms with van der Waals surface area (Å²) in [6.07, 6.45) is 5.81. The molecular formula is C13H21N3OS. The lowest BCUT2D eigenvalue weighted by Crippen LogP contribution is -2.32. The summed E-state index contributed by atoms with van der Waals surface area (Å²) in [7, 11) is 0. The predicted molar refractivity (Wildman–Crippen MR) is 73.5 cm³/mol. The molecule has 0 saturated carbocycles. The van der Waals surface area contributed by atoms with E-state index in [1.165, 1.54) is 4.88 Å². The standard InChI is InChI=1S/C13H21N3OS/c1-2-11-8-16-13(18-11)9-15-12(17)7-10-3-5-14-6-4-10/h8,10,14H,2-7,9H2,1H3,(H,15,17). The fourth-order valence-electron chi connectivity index (χ4n) is 2.19. The molecule has 2 N–H and O–H groups in total. The van der Waals surface area contributed by atoms with E-state index in [0.29, 0.717) is 18.9 Å². The molecule has 0 bridgehead atoms. The molecular weight excluding hydrogens is 246 g/mol. The number of hydrogen-bond donors (Lipinski definition) is 2. The highest BCUT2D eigenvalue weighted by Gasteiger charge is 2.16. The van der Waals surface area contributed by atoms with Gasteiger partial charge in [0.1, 0.15) is 5.01 Å². The van der Waals surface area contributed by atoms with Crippen molar-refractivity contribution < 1.29 is 4.79 Å². The highest BCUT2D eigenvalue weighted by atomic mass is 32.1. The highest BCUT2D eigenvalue weighted by Crippen LogP contribution is 2.16. The number of nitrogens with one attached hydrogen (secondary N) is 2. The van der Waals surface area contributed by atoms with Crippen LogP contribution in [0, 0.1) is 5.92 Å². The van der Waals surface area contributed by atoms with Gasteiger partial charge in [-0.2, -0.15) is 0 Å². The lowest BCUT2D eigenvalue weighted by atomic mass is 9.94. The zero-order valence-electron chi connectivity index (χ0n) is 10.9. The van der Waals surface area contributed by atoms with Crippen LogP contribution in [0.15, 0.2) is 6.20 Å². The van der Waals surface area contributed by atoms with Gasteiger partial charge in [-0.05, 0) is 38.3 Å². The normalized spacial score (nSPS) is 16.7. The van der Waals surface area contributed by atoms with Gasteiger partial charge >= 0.3 is 0 Å². The Kier molecular flexibility index (Phi) is 5.13. The summed E-state index contributed by atoms with van der Waals surface area (Å²) in [5.41, 5.74) is 0. The maximum Gasteiger partial charge on any atom is 0.220 e. The second-order valence-electron chi connectivity index (χ2n) is 4.75. The number of nitrogens with zero attached hydrogens (tertiary/aromatic N) is 1. The van der Waals surface area contributed by atoms with Gasteiger partial charge in [0.25, 0.3) is 0 Å². The third kappa shape index (κ3) is 4.07. The molecule has 1 saturated heterocycles. The van der Waals surface area contributed by atoms with E-state index >= 15 is 0 Å². The van der Waals surface area contributed by atoms with Crippen molar-refractivity contribution in [2.45, 2.75) is 39.2 Å². The average Bonchev–Trinajstić information content (AvgIpc) is 2.85. The SMILES string of the molecule is CCc1cnc(CNC(=O)CC2CCNCC2)s1. The van der Waals surface area contributed by atoms with Gasteiger partial charge in [-0.25, -0.2) is 4.98 Å². The van der Waals surface area contributed by atoms with Crippen LogP contribution >= 0.6 is 11.3 Å². The van der Waals surface area contributed by atoms with Gasteiger partial charge in [-0.1, -0.05) is 6.92 Å². The molecule has 1 aliphatic heterocycles. The van der Waals surface area contributed by atoms with Crippen molar-refractivity contribution in [3.8, 4) is 0 Å². The summed E-state index contributed by atoms with van der Waals surface area (Å²) in [5, 5.41) is 7.29. The predicted octanol–water partition coefficient (Wildman–Crippen LogP) is 1.71. The van der Waals surface area contributed by atoms with Crippen LogP contribution in [0.3, 0.4) is 0 Å². The third-order valence-electron chi connectivity index (χ3n) is 3.32. The molecule has 100 valence electrons. The first kappa shape index (κ1) is 13.5. The van der Waals surface area contributed by atoms with Crippen LogP contribution in [-0.4, -0.2) is 24.0 Å². The van der Waals surface area contributed by atoms with Gasteiger partial charge in [-0.3, -0.25) is 4.79 Å². The molecule has 0 radical (unpaired) electrons. The largest absolute Gasteiger partial charge is 0.350 e. The zero-order valence-corrected chi connectivity index (χ0v) is 11.7.